The van der Waals surface area contributed by atoms with Crippen LogP contribution in [-0.4, -0.2) is 27.3 Å². The number of benzene rings is 2. The second-order valence-corrected chi connectivity index (χ2v) is 7.02. The zero-order valence-electron chi connectivity index (χ0n) is 15.3. The van der Waals surface area contributed by atoms with Crippen LogP contribution in [0.5, 0.6) is 0 Å². The summed E-state index contributed by atoms with van der Waals surface area (Å²) in [5, 5.41) is 19.3. The molecule has 0 aliphatic rings. The van der Waals surface area contributed by atoms with E-state index in [1.54, 1.807) is 0 Å². The molecule has 3 N–H and O–H groups in total. The fourth-order valence-electron chi connectivity index (χ4n) is 2.45. The number of amides is 1. The number of amidine groups is 1. The summed E-state index contributed by atoms with van der Waals surface area (Å²) in [6, 6.07) is 11.9. The predicted molar refractivity (Wildman–Crippen MR) is 108 cm³/mol. The minimum atomic E-state index is -0.452. The molecule has 2 aromatic carbocycles. The SMILES string of the molecule is Cc1ccc(CCC(=O)Nc2nonc2C(=Nc2ccc(F)c(Br)c2)NO)cc1. The monoisotopic (exact) mass is 461 g/mol. The zero-order valence-corrected chi connectivity index (χ0v) is 16.9. The Kier molecular flexibility index (Phi) is 6.68. The van der Waals surface area contributed by atoms with Crippen LogP contribution in [0, 0.1) is 12.7 Å². The van der Waals surface area contributed by atoms with E-state index in [1.165, 1.54) is 18.2 Å². The van der Waals surface area contributed by atoms with Crippen LogP contribution < -0.4 is 10.8 Å². The Morgan fingerprint density at radius 2 is 2.00 bits per heavy atom. The number of aryl methyl sites for hydroxylation is 2. The van der Waals surface area contributed by atoms with Crippen molar-refractivity contribution in [2.75, 3.05) is 5.32 Å². The molecule has 150 valence electrons. The Bertz CT molecular complexity index is 1040. The van der Waals surface area contributed by atoms with E-state index >= 15 is 0 Å². The second-order valence-electron chi connectivity index (χ2n) is 6.17. The highest BCUT2D eigenvalue weighted by Crippen LogP contribution is 2.23. The molecular formula is C19H17BrFN5O3. The van der Waals surface area contributed by atoms with E-state index in [9.17, 15) is 14.4 Å². The zero-order chi connectivity index (χ0) is 20.8. The first-order valence-electron chi connectivity index (χ1n) is 8.58. The van der Waals surface area contributed by atoms with Crippen LogP contribution in [0.3, 0.4) is 0 Å². The Morgan fingerprint density at radius 3 is 2.69 bits per heavy atom. The third-order valence-electron chi connectivity index (χ3n) is 3.98. The van der Waals surface area contributed by atoms with Crippen LogP contribution in [0.2, 0.25) is 0 Å². The van der Waals surface area contributed by atoms with Crippen LogP contribution in [0.25, 0.3) is 0 Å². The summed E-state index contributed by atoms with van der Waals surface area (Å²) in [5.41, 5.74) is 4.40. The average Bonchev–Trinajstić information content (AvgIpc) is 3.16. The summed E-state index contributed by atoms with van der Waals surface area (Å²) in [4.78, 5) is 16.4. The van der Waals surface area contributed by atoms with E-state index < -0.39 is 5.82 Å². The minimum Gasteiger partial charge on any atom is -0.306 e. The number of halogens is 2. The number of carbonyl (C=O) groups is 1. The van der Waals surface area contributed by atoms with Crippen molar-refractivity contribution in [2.45, 2.75) is 19.8 Å². The quantitative estimate of drug-likeness (QED) is 0.291. The highest BCUT2D eigenvalue weighted by Gasteiger charge is 2.19. The number of hydroxylamine groups is 1. The van der Waals surface area contributed by atoms with Gasteiger partial charge in [-0.05, 0) is 63.4 Å². The van der Waals surface area contributed by atoms with Gasteiger partial charge in [0.15, 0.2) is 11.5 Å². The van der Waals surface area contributed by atoms with Gasteiger partial charge in [-0.25, -0.2) is 14.0 Å². The van der Waals surface area contributed by atoms with Crippen molar-refractivity contribution in [3.05, 3.63) is 69.6 Å². The van der Waals surface area contributed by atoms with Crippen molar-refractivity contribution in [1.82, 2.24) is 15.8 Å². The number of rotatable bonds is 6. The Hall–Kier alpha value is -3.11. The lowest BCUT2D eigenvalue weighted by atomic mass is 10.1. The molecule has 0 aliphatic carbocycles. The summed E-state index contributed by atoms with van der Waals surface area (Å²) in [7, 11) is 0. The molecule has 3 aromatic rings. The molecule has 0 unspecified atom stereocenters. The smallest absolute Gasteiger partial charge is 0.226 e. The Labute approximate surface area is 173 Å². The minimum absolute atomic E-state index is 0.000355. The van der Waals surface area contributed by atoms with Crippen molar-refractivity contribution >= 4 is 39.2 Å². The van der Waals surface area contributed by atoms with Gasteiger partial charge in [0.25, 0.3) is 0 Å². The van der Waals surface area contributed by atoms with Crippen molar-refractivity contribution in [3.63, 3.8) is 0 Å². The molecular weight excluding hydrogens is 445 g/mol. The molecule has 1 amide bonds. The van der Waals surface area contributed by atoms with Gasteiger partial charge < -0.3 is 5.32 Å². The number of nitrogens with zero attached hydrogens (tertiary/aromatic N) is 3. The molecule has 0 saturated heterocycles. The molecule has 0 fully saturated rings. The molecule has 0 aliphatic heterocycles. The number of hydrogen-bond acceptors (Lipinski definition) is 6. The van der Waals surface area contributed by atoms with Gasteiger partial charge in [-0.2, -0.15) is 0 Å². The van der Waals surface area contributed by atoms with Gasteiger partial charge in [0.2, 0.25) is 11.7 Å². The first-order chi connectivity index (χ1) is 14.0. The number of aliphatic imine (C=N–C) groups is 1. The maximum absolute atomic E-state index is 13.4. The Morgan fingerprint density at radius 1 is 1.24 bits per heavy atom. The molecule has 0 bridgehead atoms. The van der Waals surface area contributed by atoms with E-state index in [-0.39, 0.29) is 34.1 Å². The second kappa shape index (κ2) is 9.39. The van der Waals surface area contributed by atoms with Crippen LogP contribution in [0.1, 0.15) is 23.2 Å². The molecule has 1 heterocycles. The standard InChI is InChI=1S/C19H17BrFN5O3/c1-11-2-4-12(5-3-11)6-9-16(27)23-19-17(25-29-26-19)18(24-28)22-13-7-8-15(21)14(20)10-13/h2-5,7-8,10,28H,6,9H2,1H3,(H,22,24)(H,23,26,27). The molecule has 29 heavy (non-hydrogen) atoms. The molecule has 0 radical (unpaired) electrons. The normalized spacial score (nSPS) is 11.4. The predicted octanol–water partition coefficient (Wildman–Crippen LogP) is 3.91. The van der Waals surface area contributed by atoms with Gasteiger partial charge in [0.1, 0.15) is 5.82 Å². The molecule has 0 saturated carbocycles. The van der Waals surface area contributed by atoms with Gasteiger partial charge in [0, 0.05) is 6.42 Å². The van der Waals surface area contributed by atoms with Crippen LogP contribution >= 0.6 is 15.9 Å². The molecule has 0 spiro atoms. The van der Waals surface area contributed by atoms with E-state index in [2.05, 4.69) is 41.2 Å². The number of aromatic nitrogens is 2. The van der Waals surface area contributed by atoms with Gasteiger partial charge >= 0.3 is 0 Å². The van der Waals surface area contributed by atoms with E-state index in [1.807, 2.05) is 36.7 Å². The topological polar surface area (TPSA) is 113 Å². The van der Waals surface area contributed by atoms with Gasteiger partial charge in [-0.3, -0.25) is 15.5 Å². The molecule has 0 atom stereocenters. The molecule has 10 heteroatoms. The van der Waals surface area contributed by atoms with Crippen molar-refractivity contribution in [3.8, 4) is 0 Å². The number of carbonyl (C=O) groups excluding carboxylic acids is 1. The van der Waals surface area contributed by atoms with Gasteiger partial charge in [-0.15, -0.1) is 0 Å². The van der Waals surface area contributed by atoms with Crippen LogP contribution in [0.4, 0.5) is 15.9 Å². The van der Waals surface area contributed by atoms with E-state index in [0.717, 1.165) is 11.1 Å². The number of anilines is 1. The molecule has 8 nitrogen and oxygen atoms in total. The molecule has 3 rings (SSSR count). The third kappa shape index (κ3) is 5.46. The highest BCUT2D eigenvalue weighted by molar-refractivity contribution is 9.10. The first kappa shape index (κ1) is 20.6. The third-order valence-corrected chi connectivity index (χ3v) is 4.59. The lowest BCUT2D eigenvalue weighted by molar-refractivity contribution is -0.116. The van der Waals surface area contributed by atoms with Crippen LogP contribution in [0.15, 0.2) is 56.6 Å². The summed E-state index contributed by atoms with van der Waals surface area (Å²) in [6.45, 7) is 1.99. The lowest BCUT2D eigenvalue weighted by Gasteiger charge is -2.06. The first-order valence-corrected chi connectivity index (χ1v) is 9.37. The summed E-state index contributed by atoms with van der Waals surface area (Å²) in [5.74, 6) is -0.879. The summed E-state index contributed by atoms with van der Waals surface area (Å²) >= 11 is 3.06. The van der Waals surface area contributed by atoms with Crippen molar-refractivity contribution in [2.24, 2.45) is 4.99 Å². The highest BCUT2D eigenvalue weighted by atomic mass is 79.9. The van der Waals surface area contributed by atoms with Gasteiger partial charge in [0.05, 0.1) is 10.2 Å². The van der Waals surface area contributed by atoms with Crippen molar-refractivity contribution in [1.29, 1.82) is 0 Å². The summed E-state index contributed by atoms with van der Waals surface area (Å²) in [6.07, 6.45) is 0.773. The van der Waals surface area contributed by atoms with Crippen LogP contribution in [-0.2, 0) is 11.2 Å². The largest absolute Gasteiger partial charge is 0.306 e. The average molecular weight is 462 g/mol. The summed E-state index contributed by atoms with van der Waals surface area (Å²) < 4.78 is 18.2. The van der Waals surface area contributed by atoms with Crippen molar-refractivity contribution < 1.29 is 19.0 Å². The van der Waals surface area contributed by atoms with E-state index in [0.29, 0.717) is 12.1 Å². The number of hydrogen-bond donors (Lipinski definition) is 3. The number of nitrogens with one attached hydrogen (secondary N) is 2. The van der Waals surface area contributed by atoms with Gasteiger partial charge in [-0.1, -0.05) is 29.8 Å². The Balaban J connectivity index is 1.71. The fourth-order valence-corrected chi connectivity index (χ4v) is 2.81. The molecule has 1 aromatic heterocycles. The lowest BCUT2D eigenvalue weighted by Crippen LogP contribution is -2.23. The maximum atomic E-state index is 13.4. The van der Waals surface area contributed by atoms with E-state index in [4.69, 9.17) is 0 Å². The maximum Gasteiger partial charge on any atom is 0.226 e. The fraction of sp³-hybridized carbons (Fsp3) is 0.158.